The summed E-state index contributed by atoms with van der Waals surface area (Å²) in [5, 5.41) is 45.3. The molecule has 57 heavy (non-hydrogen) atoms. The van der Waals surface area contributed by atoms with Crippen LogP contribution < -0.4 is 0 Å². The van der Waals surface area contributed by atoms with Gasteiger partial charge in [0.2, 0.25) is 0 Å². The summed E-state index contributed by atoms with van der Waals surface area (Å²) in [7, 11) is 2.32. The molecule has 308 valence electrons. The molecule has 0 saturated heterocycles. The van der Waals surface area contributed by atoms with Crippen molar-refractivity contribution in [1.29, 1.82) is 0 Å². The van der Waals surface area contributed by atoms with E-state index < -0.39 is 94.4 Å². The third-order valence-electron chi connectivity index (χ3n) is 15.3. The van der Waals surface area contributed by atoms with Crippen LogP contribution >= 0.6 is 0 Å². The second kappa shape index (κ2) is 12.9. The van der Waals surface area contributed by atoms with Crippen molar-refractivity contribution in [2.24, 2.45) is 46.3 Å². The molecule has 1 heterocycles. The van der Waals surface area contributed by atoms with E-state index in [1.54, 1.807) is 13.8 Å². The fraction of sp³-hybridized carbons (Fsp3) is 0.659. The predicted molar refractivity (Wildman–Crippen MR) is 190 cm³/mol. The summed E-state index contributed by atoms with van der Waals surface area (Å²) < 4.78 is 27.6. The van der Waals surface area contributed by atoms with Gasteiger partial charge in [-0.3, -0.25) is 19.6 Å². The number of esters is 5. The summed E-state index contributed by atoms with van der Waals surface area (Å²) >= 11 is 0. The highest BCUT2D eigenvalue weighted by molar-refractivity contribution is 6.12. The van der Waals surface area contributed by atoms with E-state index in [1.165, 1.54) is 14.0 Å². The topological polar surface area (TPSA) is 239 Å². The van der Waals surface area contributed by atoms with Crippen LogP contribution in [0.15, 0.2) is 45.1 Å². The number of aliphatic hydroxyl groups is 3. The van der Waals surface area contributed by atoms with Gasteiger partial charge in [0.15, 0.2) is 11.4 Å². The molecule has 16 nitrogen and oxygen atoms in total. The van der Waals surface area contributed by atoms with Crippen molar-refractivity contribution in [1.82, 2.24) is 0 Å². The van der Waals surface area contributed by atoms with Crippen molar-refractivity contribution in [2.45, 2.75) is 89.1 Å². The fourth-order valence-corrected chi connectivity index (χ4v) is 12.7. The minimum absolute atomic E-state index is 0.0258. The molecule has 8 rings (SSSR count). The first-order chi connectivity index (χ1) is 26.9. The van der Waals surface area contributed by atoms with Crippen molar-refractivity contribution in [3.05, 3.63) is 45.1 Å². The Morgan fingerprint density at radius 2 is 1.61 bits per heavy atom. The lowest BCUT2D eigenvalue weighted by Gasteiger charge is -2.63. The smallest absolute Gasteiger partial charge is 0.338 e. The molecule has 5 fully saturated rings. The minimum Gasteiger partial charge on any atom is -0.469 e. The molecule has 0 unspecified atom stereocenters. The average molecular weight is 797 g/mol. The molecule has 0 bridgehead atoms. The van der Waals surface area contributed by atoms with E-state index in [0.717, 1.165) is 13.2 Å². The third-order valence-corrected chi connectivity index (χ3v) is 15.3. The molecule has 4 N–H and O–H groups in total. The molecule has 0 aromatic carbocycles. The molecule has 0 aromatic rings. The number of carbonyl (C=O) groups is 6. The maximum absolute atomic E-state index is 14.7. The lowest BCUT2D eigenvalue weighted by Crippen LogP contribution is -2.67. The highest BCUT2D eigenvalue weighted by Gasteiger charge is 2.86. The first kappa shape index (κ1) is 39.6. The van der Waals surface area contributed by atoms with Crippen LogP contribution in [0.3, 0.4) is 0 Å². The zero-order valence-electron chi connectivity index (χ0n) is 32.7. The van der Waals surface area contributed by atoms with Gasteiger partial charge in [0.1, 0.15) is 30.5 Å². The molecular formula is C41H48O16. The Morgan fingerprint density at radius 3 is 2.26 bits per heavy atom. The number of ketones is 1. The standard InChI is InChI=1S/C41H48O16/c1-17(14-42)9-29(45)55-16-39(50)23-10-21(23)37(3)25(39)12-20-19(15-54-28(44)8-7-27(43)52-5)36(49)56-41(20)26(37)13-40(57-51)24-11-22(24)38(4)33(40)31(41)30(32(46)34(38)47)18(2)35(48)53-6/h9,21-26,34,42,47,50-51H,7-8,10-16H2,1-6H3/b17-9+,30-18-/t21-,22-,23+,24+,25-,26+,34+,37+,38+,39+,40+,41+/m1/s1. The van der Waals surface area contributed by atoms with Crippen molar-refractivity contribution in [3.8, 4) is 0 Å². The summed E-state index contributed by atoms with van der Waals surface area (Å²) in [6, 6.07) is 0. The first-order valence-electron chi connectivity index (χ1n) is 19.3. The zero-order chi connectivity index (χ0) is 41.4. The Balaban J connectivity index is 1.35. The van der Waals surface area contributed by atoms with Gasteiger partial charge in [-0.1, -0.05) is 13.8 Å². The maximum Gasteiger partial charge on any atom is 0.338 e. The van der Waals surface area contributed by atoms with Gasteiger partial charge in [-0.05, 0) is 85.3 Å². The van der Waals surface area contributed by atoms with E-state index >= 15 is 0 Å². The fourth-order valence-electron chi connectivity index (χ4n) is 12.7. The molecule has 0 aromatic heterocycles. The van der Waals surface area contributed by atoms with Gasteiger partial charge < -0.3 is 39.0 Å². The summed E-state index contributed by atoms with van der Waals surface area (Å²) in [5.41, 5.74) is -6.57. The average Bonchev–Trinajstić information content (AvgIpc) is 4.12. The summed E-state index contributed by atoms with van der Waals surface area (Å²) in [4.78, 5) is 85.7. The van der Waals surface area contributed by atoms with E-state index in [-0.39, 0.29) is 83.8 Å². The predicted octanol–water partition coefficient (Wildman–Crippen LogP) is 1.60. The molecule has 0 amide bonds. The number of ether oxygens (including phenoxy) is 5. The van der Waals surface area contributed by atoms with E-state index in [9.17, 15) is 49.3 Å². The number of methoxy groups -OCH3 is 2. The monoisotopic (exact) mass is 796 g/mol. The molecule has 1 aliphatic heterocycles. The van der Waals surface area contributed by atoms with Gasteiger partial charge in [0.25, 0.3) is 0 Å². The summed E-state index contributed by atoms with van der Waals surface area (Å²) in [6.07, 6.45) is -0.143. The molecule has 1 spiro atoms. The van der Waals surface area contributed by atoms with Crippen molar-refractivity contribution in [3.63, 3.8) is 0 Å². The van der Waals surface area contributed by atoms with Gasteiger partial charge in [0, 0.05) is 40.0 Å². The van der Waals surface area contributed by atoms with E-state index in [1.807, 2.05) is 6.92 Å². The van der Waals surface area contributed by atoms with Crippen LogP contribution in [0.1, 0.15) is 66.2 Å². The number of aliphatic hydroxyl groups excluding tert-OH is 2. The quantitative estimate of drug-likeness (QED) is 0.0764. The lowest BCUT2D eigenvalue weighted by atomic mass is 9.43. The number of carbonyl (C=O) groups excluding carboxylic acids is 6. The molecule has 0 radical (unpaired) electrons. The van der Waals surface area contributed by atoms with E-state index in [4.69, 9.17) is 23.8 Å². The first-order valence-corrected chi connectivity index (χ1v) is 19.3. The Morgan fingerprint density at radius 1 is 0.930 bits per heavy atom. The van der Waals surface area contributed by atoms with Crippen LogP contribution in [0.4, 0.5) is 0 Å². The van der Waals surface area contributed by atoms with Gasteiger partial charge in [0.05, 0.1) is 39.2 Å². The van der Waals surface area contributed by atoms with Crippen LogP contribution in [0.2, 0.25) is 0 Å². The second-order valence-corrected chi connectivity index (χ2v) is 17.6. The molecule has 7 aliphatic carbocycles. The number of fused-ring (bicyclic) bond motifs is 7. The largest absolute Gasteiger partial charge is 0.469 e. The van der Waals surface area contributed by atoms with Gasteiger partial charge in [-0.25, -0.2) is 19.3 Å². The number of hydrogen-bond acceptors (Lipinski definition) is 16. The molecular weight excluding hydrogens is 748 g/mol. The lowest BCUT2D eigenvalue weighted by molar-refractivity contribution is -0.330. The van der Waals surface area contributed by atoms with Gasteiger partial charge in [-0.2, -0.15) is 0 Å². The van der Waals surface area contributed by atoms with Crippen LogP contribution in [0, 0.1) is 46.3 Å². The van der Waals surface area contributed by atoms with E-state index in [2.05, 4.69) is 4.74 Å². The van der Waals surface area contributed by atoms with Crippen LogP contribution in [0.5, 0.6) is 0 Å². The molecule has 16 heteroatoms. The summed E-state index contributed by atoms with van der Waals surface area (Å²) in [6.45, 7) is 5.23. The van der Waals surface area contributed by atoms with Gasteiger partial charge in [-0.15, -0.1) is 0 Å². The third kappa shape index (κ3) is 4.96. The second-order valence-electron chi connectivity index (χ2n) is 17.6. The molecule has 8 aliphatic rings. The SMILES string of the molecule is COC(=O)CCC(=O)OCC1=C2C[C@H]3[C@](O)(COC(=O)/C=C(\C)CO)[C@H]4C[C@H]4[C@]3(C)[C@@H]3C[C@@]4(OO)C5=C(/C(=C(\C)C(=O)OC)C(=O)[C@H](O)[C@@]5(C)[C@@H]5C[C@@H]54)[C@]23OC1=O. The Hall–Kier alpha value is -4.22. The molecule has 12 atom stereocenters. The van der Waals surface area contributed by atoms with Crippen LogP contribution in [-0.2, 0) is 57.3 Å². The van der Waals surface area contributed by atoms with Crippen LogP contribution in [0.25, 0.3) is 0 Å². The molecule has 5 saturated carbocycles. The highest BCUT2D eigenvalue weighted by Crippen LogP contribution is 2.84. The normalized spacial score (nSPS) is 42.5. The highest BCUT2D eigenvalue weighted by atomic mass is 17.1. The number of hydrogen-bond donors (Lipinski definition) is 4. The number of Topliss-reactive ketones (excluding diaryl/α,β-unsaturated/α-hetero) is 1. The van der Waals surface area contributed by atoms with Crippen molar-refractivity contribution < 1.29 is 77.9 Å². The Kier molecular flexibility index (Phi) is 8.95. The maximum atomic E-state index is 14.7. The summed E-state index contributed by atoms with van der Waals surface area (Å²) in [5.74, 6) is -7.60. The zero-order valence-corrected chi connectivity index (χ0v) is 32.7. The van der Waals surface area contributed by atoms with Crippen LogP contribution in [-0.4, -0.2) is 113 Å². The van der Waals surface area contributed by atoms with E-state index in [0.29, 0.717) is 24.0 Å². The van der Waals surface area contributed by atoms with Gasteiger partial charge >= 0.3 is 29.8 Å². The number of rotatable bonds is 11. The minimum atomic E-state index is -1.83. The van der Waals surface area contributed by atoms with Crippen molar-refractivity contribution in [2.75, 3.05) is 34.0 Å². The Labute approximate surface area is 327 Å². The van der Waals surface area contributed by atoms with Crippen molar-refractivity contribution >= 4 is 35.6 Å². The Bertz CT molecular complexity index is 2040.